The molecule has 0 heterocycles. The molecule has 15 heavy (non-hydrogen) atoms. The van der Waals surface area contributed by atoms with E-state index in [0.29, 0.717) is 5.56 Å². The summed E-state index contributed by atoms with van der Waals surface area (Å²) in [5, 5.41) is 1.03. The lowest BCUT2D eigenvalue weighted by molar-refractivity contribution is -0.137. The van der Waals surface area contributed by atoms with Gasteiger partial charge in [0.25, 0.3) is 0 Å². The van der Waals surface area contributed by atoms with Crippen LogP contribution < -0.4 is 5.19 Å². The summed E-state index contributed by atoms with van der Waals surface area (Å²) in [6, 6.07) is 3.90. The summed E-state index contributed by atoms with van der Waals surface area (Å²) in [6.07, 6.45) is -2.77. The van der Waals surface area contributed by atoms with Crippen LogP contribution in [0.2, 0.25) is 13.1 Å². The lowest BCUT2D eigenvalue weighted by Crippen LogP contribution is -2.26. The Kier molecular flexibility index (Phi) is 3.39. The van der Waals surface area contributed by atoms with Gasteiger partial charge in [-0.05, 0) is 11.6 Å². The molecule has 0 atom stereocenters. The molecule has 0 fully saturated rings. The maximum atomic E-state index is 12.4. The normalized spacial score (nSPS) is 11.9. The fourth-order valence-corrected chi connectivity index (χ4v) is 2.80. The van der Waals surface area contributed by atoms with Crippen molar-refractivity contribution >= 4 is 20.1 Å². The van der Waals surface area contributed by atoms with Crippen molar-refractivity contribution in [1.82, 2.24) is 0 Å². The van der Waals surface area contributed by atoms with Gasteiger partial charge in [-0.3, -0.25) is 0 Å². The van der Waals surface area contributed by atoms with E-state index in [1.54, 1.807) is 6.07 Å². The van der Waals surface area contributed by atoms with E-state index in [9.17, 15) is 13.2 Å². The summed E-state index contributed by atoms with van der Waals surface area (Å²) in [7, 11) is -1.10. The van der Waals surface area contributed by atoms with Crippen LogP contribution >= 0.6 is 0 Å². The minimum Gasteiger partial charge on any atom is -0.166 e. The van der Waals surface area contributed by atoms with Crippen molar-refractivity contribution in [3.63, 3.8) is 0 Å². The first-order valence-electron chi connectivity index (χ1n) is 4.70. The van der Waals surface area contributed by atoms with Crippen LogP contribution in [0.1, 0.15) is 11.1 Å². The minimum atomic E-state index is -4.27. The van der Waals surface area contributed by atoms with Crippen LogP contribution in [0.15, 0.2) is 24.8 Å². The zero-order chi connectivity index (χ0) is 11.6. The summed E-state index contributed by atoms with van der Waals surface area (Å²) in [4.78, 5) is 0. The third-order valence-electron chi connectivity index (χ3n) is 2.26. The maximum absolute atomic E-state index is 12.4. The van der Waals surface area contributed by atoms with Gasteiger partial charge in [0, 0.05) is 0 Å². The van der Waals surface area contributed by atoms with Crippen molar-refractivity contribution in [2.75, 3.05) is 0 Å². The summed E-state index contributed by atoms with van der Waals surface area (Å²) in [5.41, 5.74) is 0.0160. The first kappa shape index (κ1) is 12.0. The topological polar surface area (TPSA) is 0 Å². The predicted molar refractivity (Wildman–Crippen MR) is 60.0 cm³/mol. The first-order chi connectivity index (χ1) is 6.86. The Morgan fingerprint density at radius 2 is 1.87 bits per heavy atom. The standard InChI is InChI=1S/C11H13F3Si/c1-4-8-7-9(11(12,13)14)5-6-10(8)15(2)3/h4-7,15H,1H2,2-3H3. The third-order valence-corrected chi connectivity index (χ3v) is 4.03. The summed E-state index contributed by atoms with van der Waals surface area (Å²) < 4.78 is 37.2. The van der Waals surface area contributed by atoms with Gasteiger partial charge in [-0.15, -0.1) is 0 Å². The van der Waals surface area contributed by atoms with Crippen molar-refractivity contribution in [2.24, 2.45) is 0 Å². The van der Waals surface area contributed by atoms with Gasteiger partial charge in [-0.1, -0.05) is 43.1 Å². The number of alkyl halides is 3. The maximum Gasteiger partial charge on any atom is 0.416 e. The molecule has 0 unspecified atom stereocenters. The molecule has 0 aliphatic heterocycles. The van der Waals surface area contributed by atoms with E-state index in [1.807, 2.05) is 0 Å². The van der Waals surface area contributed by atoms with E-state index >= 15 is 0 Å². The molecule has 0 aliphatic rings. The van der Waals surface area contributed by atoms with Crippen LogP contribution in [0.25, 0.3) is 6.08 Å². The Balaban J connectivity index is 3.25. The molecule has 0 aromatic heterocycles. The van der Waals surface area contributed by atoms with Crippen LogP contribution in [0.4, 0.5) is 13.2 Å². The SMILES string of the molecule is C=Cc1cc(C(F)(F)F)ccc1[SiH](C)C. The third kappa shape index (κ3) is 2.72. The smallest absolute Gasteiger partial charge is 0.166 e. The van der Waals surface area contributed by atoms with Gasteiger partial charge < -0.3 is 0 Å². The van der Waals surface area contributed by atoms with Crippen molar-refractivity contribution in [2.45, 2.75) is 19.3 Å². The summed E-state index contributed by atoms with van der Waals surface area (Å²) in [6.45, 7) is 7.71. The number of hydrogen-bond donors (Lipinski definition) is 0. The molecule has 82 valence electrons. The van der Waals surface area contributed by atoms with Crippen LogP contribution in [0.5, 0.6) is 0 Å². The second kappa shape index (κ2) is 4.22. The second-order valence-electron chi connectivity index (χ2n) is 3.70. The Hall–Kier alpha value is -1.03. The predicted octanol–water partition coefficient (Wildman–Crippen LogP) is 3.04. The van der Waals surface area contributed by atoms with Gasteiger partial charge >= 0.3 is 6.18 Å². The Morgan fingerprint density at radius 3 is 2.27 bits per heavy atom. The fourth-order valence-electron chi connectivity index (χ4n) is 1.45. The molecule has 0 saturated carbocycles. The lowest BCUT2D eigenvalue weighted by atomic mass is 10.1. The van der Waals surface area contributed by atoms with E-state index in [4.69, 9.17) is 0 Å². The lowest BCUT2D eigenvalue weighted by Gasteiger charge is -2.12. The van der Waals surface area contributed by atoms with E-state index in [2.05, 4.69) is 19.7 Å². The average Bonchev–Trinajstić information content (AvgIpc) is 2.15. The van der Waals surface area contributed by atoms with Crippen LogP contribution in [0.3, 0.4) is 0 Å². The molecule has 0 aliphatic carbocycles. The molecule has 1 aromatic carbocycles. The zero-order valence-electron chi connectivity index (χ0n) is 8.73. The van der Waals surface area contributed by atoms with Gasteiger partial charge in [0.05, 0.1) is 14.4 Å². The van der Waals surface area contributed by atoms with E-state index in [-0.39, 0.29) is 0 Å². The highest BCUT2D eigenvalue weighted by Crippen LogP contribution is 2.29. The molecule has 1 aromatic rings. The van der Waals surface area contributed by atoms with Gasteiger partial charge in [0.15, 0.2) is 0 Å². The highest BCUT2D eigenvalue weighted by atomic mass is 28.3. The molecular formula is C11H13F3Si. The van der Waals surface area contributed by atoms with Crippen molar-refractivity contribution < 1.29 is 13.2 Å². The van der Waals surface area contributed by atoms with Gasteiger partial charge in [-0.2, -0.15) is 13.2 Å². The van der Waals surface area contributed by atoms with E-state index < -0.39 is 20.5 Å². The number of rotatable bonds is 2. The summed E-state index contributed by atoms with van der Waals surface area (Å²) in [5.74, 6) is 0. The molecule has 4 heteroatoms. The van der Waals surface area contributed by atoms with Gasteiger partial charge in [0.2, 0.25) is 0 Å². The molecule has 0 saturated heterocycles. The molecule has 0 nitrogen and oxygen atoms in total. The average molecular weight is 230 g/mol. The quantitative estimate of drug-likeness (QED) is 0.685. The Bertz CT molecular complexity index is 367. The molecule has 1 rings (SSSR count). The van der Waals surface area contributed by atoms with Crippen molar-refractivity contribution in [1.29, 1.82) is 0 Å². The number of halogens is 3. The molecule has 0 radical (unpaired) electrons. The molecular weight excluding hydrogens is 217 g/mol. The number of benzene rings is 1. The first-order valence-corrected chi connectivity index (χ1v) is 7.58. The van der Waals surface area contributed by atoms with Crippen molar-refractivity contribution in [3.8, 4) is 0 Å². The van der Waals surface area contributed by atoms with E-state index in [0.717, 1.165) is 11.3 Å². The number of hydrogen-bond acceptors (Lipinski definition) is 0. The molecule has 0 bridgehead atoms. The highest BCUT2D eigenvalue weighted by molar-refractivity contribution is 6.71. The van der Waals surface area contributed by atoms with Crippen LogP contribution in [0, 0.1) is 0 Å². The van der Waals surface area contributed by atoms with Crippen LogP contribution in [-0.2, 0) is 6.18 Å². The van der Waals surface area contributed by atoms with Gasteiger partial charge in [-0.25, -0.2) is 0 Å². The molecule has 0 spiro atoms. The monoisotopic (exact) mass is 230 g/mol. The molecule has 0 N–H and O–H groups in total. The van der Waals surface area contributed by atoms with E-state index in [1.165, 1.54) is 12.1 Å². The Labute approximate surface area is 89.0 Å². The zero-order valence-corrected chi connectivity index (χ0v) is 9.88. The van der Waals surface area contributed by atoms with Crippen molar-refractivity contribution in [3.05, 3.63) is 35.9 Å². The van der Waals surface area contributed by atoms with Crippen LogP contribution in [-0.4, -0.2) is 8.80 Å². The van der Waals surface area contributed by atoms with Gasteiger partial charge in [0.1, 0.15) is 0 Å². The molecule has 0 amide bonds. The second-order valence-corrected chi connectivity index (χ2v) is 6.63. The highest BCUT2D eigenvalue weighted by Gasteiger charge is 2.30. The minimum absolute atomic E-state index is 0.601. The summed E-state index contributed by atoms with van der Waals surface area (Å²) >= 11 is 0. The largest absolute Gasteiger partial charge is 0.416 e. The fraction of sp³-hybridized carbons (Fsp3) is 0.273. The Morgan fingerprint density at radius 1 is 1.27 bits per heavy atom.